The van der Waals surface area contributed by atoms with E-state index in [0.29, 0.717) is 11.5 Å². The number of hydrogen-bond acceptors (Lipinski definition) is 6. The molecule has 0 spiro atoms. The molecule has 2 aliphatic heterocycles. The maximum Gasteiger partial charge on any atom is 0.274 e. The number of carbonyl (C=O) groups is 1. The van der Waals surface area contributed by atoms with Crippen molar-refractivity contribution in [1.82, 2.24) is 20.0 Å². The summed E-state index contributed by atoms with van der Waals surface area (Å²) in [5.74, 6) is 0.460. The van der Waals surface area contributed by atoms with Crippen LogP contribution in [0, 0.1) is 13.8 Å². The Bertz CT molecular complexity index is 1130. The Balaban J connectivity index is 1.37. The number of aromatic nitrogens is 2. The lowest BCUT2D eigenvalue weighted by atomic mass is 10.1. The Morgan fingerprint density at radius 1 is 1.28 bits per heavy atom. The molecule has 0 aliphatic carbocycles. The number of carbonyl (C=O) groups excluding carboxylic acids is 1. The first-order valence-electron chi connectivity index (χ1n) is 9.68. The van der Waals surface area contributed by atoms with Crippen LogP contribution >= 0.6 is 0 Å². The highest BCUT2D eigenvalue weighted by molar-refractivity contribution is 6.05. The van der Waals surface area contributed by atoms with Crippen LogP contribution in [0.5, 0.6) is 0 Å². The van der Waals surface area contributed by atoms with Crippen LogP contribution in [0.4, 0.5) is 5.69 Å². The number of hydrogen-bond donors (Lipinski definition) is 3. The summed E-state index contributed by atoms with van der Waals surface area (Å²) >= 11 is 0. The van der Waals surface area contributed by atoms with E-state index >= 15 is 0 Å². The number of pyridine rings is 1. The van der Waals surface area contributed by atoms with Crippen molar-refractivity contribution in [2.24, 2.45) is 5.16 Å². The summed E-state index contributed by atoms with van der Waals surface area (Å²) in [7, 11) is 0. The van der Waals surface area contributed by atoms with E-state index in [-0.39, 0.29) is 18.2 Å². The molecule has 29 heavy (non-hydrogen) atoms. The molecule has 1 amide bonds. The zero-order valence-electron chi connectivity index (χ0n) is 16.3. The highest BCUT2D eigenvalue weighted by Gasteiger charge is 2.33. The molecule has 1 unspecified atom stereocenters. The quantitative estimate of drug-likeness (QED) is 0.635. The lowest BCUT2D eigenvalue weighted by Gasteiger charge is -2.31. The summed E-state index contributed by atoms with van der Waals surface area (Å²) in [6, 6.07) is 9.99. The minimum atomic E-state index is -0.211. The van der Waals surface area contributed by atoms with Crippen LogP contribution < -0.4 is 16.0 Å². The standard InChI is InChI=1S/C21H22N6O2/c1-12-3-6-18-23-10-17(27(18)11-12)20(28)24-16-9-14(5-4-13(16)2)19-25-21(29-26-19)15-7-8-22-15/h3-6,9-11,15,21-22H,7-8H2,1-2H3,(H,24,28)(H,25,26)/t15?,21-/m0/s1. The van der Waals surface area contributed by atoms with Gasteiger partial charge in [0.05, 0.1) is 12.2 Å². The van der Waals surface area contributed by atoms with E-state index in [1.54, 1.807) is 10.6 Å². The van der Waals surface area contributed by atoms with Crippen LogP contribution in [0.15, 0.2) is 47.9 Å². The first-order valence-corrected chi connectivity index (χ1v) is 9.68. The number of benzene rings is 1. The van der Waals surface area contributed by atoms with Crippen molar-refractivity contribution in [3.05, 3.63) is 65.1 Å². The van der Waals surface area contributed by atoms with Crippen molar-refractivity contribution in [1.29, 1.82) is 0 Å². The number of anilines is 1. The van der Waals surface area contributed by atoms with Gasteiger partial charge in [0.25, 0.3) is 5.91 Å². The second-order valence-electron chi connectivity index (χ2n) is 7.52. The molecular weight excluding hydrogens is 368 g/mol. The van der Waals surface area contributed by atoms with E-state index in [1.807, 2.05) is 50.4 Å². The summed E-state index contributed by atoms with van der Waals surface area (Å²) in [5.41, 5.74) is 4.84. The minimum Gasteiger partial charge on any atom is -0.367 e. The number of nitrogens with one attached hydrogen (secondary N) is 3. The fourth-order valence-electron chi connectivity index (χ4n) is 3.52. The van der Waals surface area contributed by atoms with Crippen molar-refractivity contribution in [3.63, 3.8) is 0 Å². The SMILES string of the molecule is Cc1ccc2ncc(C(=O)Nc3cc(C4=NO[C@@H](C5CCN5)N4)ccc3C)n2c1. The van der Waals surface area contributed by atoms with Gasteiger partial charge in [0.15, 0.2) is 5.84 Å². The normalized spacial score (nSPS) is 20.6. The van der Waals surface area contributed by atoms with Crippen molar-refractivity contribution < 1.29 is 9.63 Å². The fraction of sp³-hybridized carbons (Fsp3) is 0.286. The molecular formula is C21H22N6O2. The lowest BCUT2D eigenvalue weighted by Crippen LogP contribution is -2.55. The van der Waals surface area contributed by atoms with Gasteiger partial charge < -0.3 is 20.8 Å². The van der Waals surface area contributed by atoms with Gasteiger partial charge in [-0.25, -0.2) is 4.98 Å². The summed E-state index contributed by atoms with van der Waals surface area (Å²) in [6.07, 6.45) is 4.41. The van der Waals surface area contributed by atoms with Crippen LogP contribution in [0.3, 0.4) is 0 Å². The van der Waals surface area contributed by atoms with Gasteiger partial charge in [-0.1, -0.05) is 23.4 Å². The zero-order valence-corrected chi connectivity index (χ0v) is 16.3. The van der Waals surface area contributed by atoms with Crippen LogP contribution in [0.25, 0.3) is 5.65 Å². The Morgan fingerprint density at radius 2 is 2.14 bits per heavy atom. The molecule has 8 nitrogen and oxygen atoms in total. The van der Waals surface area contributed by atoms with E-state index in [1.165, 1.54) is 0 Å². The lowest BCUT2D eigenvalue weighted by molar-refractivity contribution is 0.0236. The Hall–Kier alpha value is -3.39. The monoisotopic (exact) mass is 390 g/mol. The third-order valence-corrected chi connectivity index (χ3v) is 5.41. The van der Waals surface area contributed by atoms with Gasteiger partial charge >= 0.3 is 0 Å². The number of nitrogens with zero attached hydrogens (tertiary/aromatic N) is 3. The topological polar surface area (TPSA) is 92.0 Å². The van der Waals surface area contributed by atoms with Gasteiger partial charge in [0.2, 0.25) is 6.23 Å². The largest absolute Gasteiger partial charge is 0.367 e. The second kappa shape index (κ2) is 6.89. The maximum atomic E-state index is 12.9. The first-order chi connectivity index (χ1) is 14.1. The van der Waals surface area contributed by atoms with Gasteiger partial charge in [-0.15, -0.1) is 0 Å². The molecule has 4 heterocycles. The van der Waals surface area contributed by atoms with Gasteiger partial charge in [0.1, 0.15) is 11.3 Å². The van der Waals surface area contributed by atoms with Gasteiger partial charge in [-0.05, 0) is 50.1 Å². The zero-order chi connectivity index (χ0) is 20.0. The molecule has 1 fully saturated rings. The highest BCUT2D eigenvalue weighted by Crippen LogP contribution is 2.21. The Kier molecular flexibility index (Phi) is 4.21. The number of amides is 1. The predicted octanol–water partition coefficient (Wildman–Crippen LogP) is 2.17. The number of imidazole rings is 1. The van der Waals surface area contributed by atoms with Crippen LogP contribution in [-0.2, 0) is 4.84 Å². The van der Waals surface area contributed by atoms with Gasteiger partial charge in [-0.2, -0.15) is 0 Å². The molecule has 2 atom stereocenters. The minimum absolute atomic E-state index is 0.153. The number of rotatable bonds is 4. The molecule has 0 radical (unpaired) electrons. The summed E-state index contributed by atoms with van der Waals surface area (Å²) in [5, 5.41) is 13.8. The fourth-order valence-corrected chi connectivity index (χ4v) is 3.52. The molecule has 8 heteroatoms. The third-order valence-electron chi connectivity index (χ3n) is 5.41. The van der Waals surface area contributed by atoms with E-state index < -0.39 is 0 Å². The number of oxime groups is 1. The van der Waals surface area contributed by atoms with Crippen molar-refractivity contribution >= 4 is 23.1 Å². The smallest absolute Gasteiger partial charge is 0.274 e. The predicted molar refractivity (Wildman–Crippen MR) is 110 cm³/mol. The molecule has 0 bridgehead atoms. The first kappa shape index (κ1) is 17.7. The van der Waals surface area contributed by atoms with Crippen LogP contribution in [-0.4, -0.2) is 39.9 Å². The average Bonchev–Trinajstić information content (AvgIpc) is 3.29. The molecule has 2 aromatic heterocycles. The summed E-state index contributed by atoms with van der Waals surface area (Å²) < 4.78 is 1.80. The molecule has 148 valence electrons. The van der Waals surface area contributed by atoms with Gasteiger partial charge in [-0.3, -0.25) is 9.20 Å². The van der Waals surface area contributed by atoms with Crippen molar-refractivity contribution in [3.8, 4) is 0 Å². The van der Waals surface area contributed by atoms with E-state index in [4.69, 9.17) is 4.84 Å². The molecule has 5 rings (SSSR count). The molecule has 1 saturated heterocycles. The summed E-state index contributed by atoms with van der Waals surface area (Å²) in [4.78, 5) is 22.7. The Labute approximate surface area is 168 Å². The van der Waals surface area contributed by atoms with Crippen LogP contribution in [0.1, 0.15) is 33.6 Å². The number of amidine groups is 1. The molecule has 2 aliphatic rings. The van der Waals surface area contributed by atoms with Crippen LogP contribution in [0.2, 0.25) is 0 Å². The third kappa shape index (κ3) is 3.21. The van der Waals surface area contributed by atoms with E-state index in [2.05, 4.69) is 26.1 Å². The molecule has 1 aromatic carbocycles. The second-order valence-corrected chi connectivity index (χ2v) is 7.52. The van der Waals surface area contributed by atoms with Crippen molar-refractivity contribution in [2.45, 2.75) is 32.5 Å². The molecule has 3 N–H and O–H groups in total. The van der Waals surface area contributed by atoms with Gasteiger partial charge in [0, 0.05) is 17.4 Å². The highest BCUT2D eigenvalue weighted by atomic mass is 16.7. The molecule has 0 saturated carbocycles. The average molecular weight is 390 g/mol. The Morgan fingerprint density at radius 3 is 2.93 bits per heavy atom. The molecule has 3 aromatic rings. The summed E-state index contributed by atoms with van der Waals surface area (Å²) in [6.45, 7) is 4.95. The maximum absolute atomic E-state index is 12.9. The van der Waals surface area contributed by atoms with Crippen molar-refractivity contribution in [2.75, 3.05) is 11.9 Å². The number of fused-ring (bicyclic) bond motifs is 1. The van der Waals surface area contributed by atoms with E-state index in [9.17, 15) is 4.79 Å². The number of aryl methyl sites for hydroxylation is 2. The van der Waals surface area contributed by atoms with E-state index in [0.717, 1.165) is 41.0 Å².